The van der Waals surface area contributed by atoms with Crippen molar-refractivity contribution in [3.05, 3.63) is 35.4 Å². The third-order valence-corrected chi connectivity index (χ3v) is 3.11. The Hall–Kier alpha value is -1.35. The van der Waals surface area contributed by atoms with E-state index in [0.717, 1.165) is 19.3 Å². The summed E-state index contributed by atoms with van der Waals surface area (Å²) in [6, 6.07) is 8.91. The molecule has 3 nitrogen and oxygen atoms in total. The van der Waals surface area contributed by atoms with Crippen molar-refractivity contribution in [2.75, 3.05) is 13.7 Å². The van der Waals surface area contributed by atoms with Crippen molar-refractivity contribution in [3.8, 4) is 0 Å². The molecule has 0 spiro atoms. The molecule has 1 atom stereocenters. The number of carbonyl (C=O) groups excluding carboxylic acids is 1. The Morgan fingerprint density at radius 3 is 2.94 bits per heavy atom. The van der Waals surface area contributed by atoms with Crippen molar-refractivity contribution >= 4 is 5.97 Å². The molecule has 1 unspecified atom stereocenters. The molecule has 2 rings (SSSR count). The van der Waals surface area contributed by atoms with Crippen LogP contribution in [0.1, 0.15) is 17.5 Å². The summed E-state index contributed by atoms with van der Waals surface area (Å²) < 4.78 is 4.61. The van der Waals surface area contributed by atoms with Gasteiger partial charge in [-0.25, -0.2) is 0 Å². The van der Waals surface area contributed by atoms with Gasteiger partial charge in [0.2, 0.25) is 0 Å². The second kappa shape index (κ2) is 5.12. The smallest absolute Gasteiger partial charge is 0.319 e. The lowest BCUT2D eigenvalue weighted by molar-refractivity contribution is -0.139. The first-order valence-corrected chi connectivity index (χ1v) is 5.66. The summed E-state index contributed by atoms with van der Waals surface area (Å²) in [6.07, 6.45) is 3.19. The number of methoxy groups -OCH3 is 1. The number of esters is 1. The van der Waals surface area contributed by atoms with Crippen LogP contribution in [0, 0.1) is 0 Å². The highest BCUT2D eigenvalue weighted by Crippen LogP contribution is 2.20. The molecule has 0 radical (unpaired) electrons. The molecule has 1 aromatic rings. The molecule has 1 N–H and O–H groups in total. The molecular weight excluding hydrogens is 202 g/mol. The average molecular weight is 219 g/mol. The second-order valence-corrected chi connectivity index (χ2v) is 4.17. The third-order valence-electron chi connectivity index (χ3n) is 3.11. The predicted octanol–water partition coefficient (Wildman–Crippen LogP) is 1.31. The van der Waals surface area contributed by atoms with E-state index in [1.807, 2.05) is 0 Å². The van der Waals surface area contributed by atoms with Crippen LogP contribution in [0.5, 0.6) is 0 Å². The van der Waals surface area contributed by atoms with E-state index < -0.39 is 0 Å². The zero-order valence-corrected chi connectivity index (χ0v) is 9.53. The summed E-state index contributed by atoms with van der Waals surface area (Å²) in [5, 5.41) is 3.24. The van der Waals surface area contributed by atoms with Crippen LogP contribution in [-0.2, 0) is 22.4 Å². The van der Waals surface area contributed by atoms with Gasteiger partial charge >= 0.3 is 5.97 Å². The van der Waals surface area contributed by atoms with Gasteiger partial charge in [0, 0.05) is 6.04 Å². The van der Waals surface area contributed by atoms with E-state index in [4.69, 9.17) is 0 Å². The summed E-state index contributed by atoms with van der Waals surface area (Å²) >= 11 is 0. The first kappa shape index (κ1) is 11.1. The van der Waals surface area contributed by atoms with E-state index in [9.17, 15) is 4.79 Å². The number of fused-ring (bicyclic) bond motifs is 1. The fraction of sp³-hybridized carbons (Fsp3) is 0.462. The van der Waals surface area contributed by atoms with Gasteiger partial charge in [-0.1, -0.05) is 24.3 Å². The van der Waals surface area contributed by atoms with Gasteiger partial charge in [-0.05, 0) is 30.4 Å². The molecule has 0 heterocycles. The summed E-state index contributed by atoms with van der Waals surface area (Å²) in [7, 11) is 1.42. The van der Waals surface area contributed by atoms with Crippen LogP contribution in [0.4, 0.5) is 0 Å². The van der Waals surface area contributed by atoms with Crippen LogP contribution in [0.25, 0.3) is 0 Å². The van der Waals surface area contributed by atoms with Gasteiger partial charge in [0.05, 0.1) is 13.7 Å². The Kier molecular flexibility index (Phi) is 3.57. The number of ether oxygens (including phenoxy) is 1. The first-order valence-electron chi connectivity index (χ1n) is 5.66. The molecular formula is C13H17NO2. The molecule has 86 valence electrons. The Bertz CT molecular complexity index is 376. The molecule has 1 aromatic carbocycles. The lowest BCUT2D eigenvalue weighted by atomic mass is 9.88. The third kappa shape index (κ3) is 2.61. The summed E-state index contributed by atoms with van der Waals surface area (Å²) in [4.78, 5) is 11.0. The Morgan fingerprint density at radius 1 is 1.44 bits per heavy atom. The number of carbonyl (C=O) groups is 1. The Balaban J connectivity index is 1.90. The van der Waals surface area contributed by atoms with E-state index in [-0.39, 0.29) is 5.97 Å². The van der Waals surface area contributed by atoms with Gasteiger partial charge in [0.25, 0.3) is 0 Å². The van der Waals surface area contributed by atoms with Crippen LogP contribution in [0.2, 0.25) is 0 Å². The number of aryl methyl sites for hydroxylation is 1. The van der Waals surface area contributed by atoms with Gasteiger partial charge in [-0.3, -0.25) is 4.79 Å². The topological polar surface area (TPSA) is 38.3 Å². The molecule has 0 amide bonds. The zero-order chi connectivity index (χ0) is 11.4. The van der Waals surface area contributed by atoms with Crippen molar-refractivity contribution in [2.24, 2.45) is 0 Å². The van der Waals surface area contributed by atoms with Crippen molar-refractivity contribution in [1.82, 2.24) is 5.32 Å². The van der Waals surface area contributed by atoms with Crippen molar-refractivity contribution in [2.45, 2.75) is 25.3 Å². The molecule has 1 aliphatic rings. The van der Waals surface area contributed by atoms with Crippen LogP contribution < -0.4 is 5.32 Å². The van der Waals surface area contributed by atoms with Crippen LogP contribution >= 0.6 is 0 Å². The normalized spacial score (nSPS) is 18.9. The van der Waals surface area contributed by atoms with E-state index in [1.54, 1.807) is 0 Å². The van der Waals surface area contributed by atoms with Crippen molar-refractivity contribution < 1.29 is 9.53 Å². The van der Waals surface area contributed by atoms with Gasteiger partial charge in [0.15, 0.2) is 0 Å². The SMILES string of the molecule is COC(=O)CNC1CCc2ccccc2C1. The number of hydrogen-bond donors (Lipinski definition) is 1. The lowest BCUT2D eigenvalue weighted by Crippen LogP contribution is -2.38. The molecule has 0 bridgehead atoms. The molecule has 0 saturated carbocycles. The van der Waals surface area contributed by atoms with Crippen molar-refractivity contribution in [1.29, 1.82) is 0 Å². The predicted molar refractivity (Wildman–Crippen MR) is 62.3 cm³/mol. The highest BCUT2D eigenvalue weighted by Gasteiger charge is 2.18. The Labute approximate surface area is 95.8 Å². The van der Waals surface area contributed by atoms with E-state index in [2.05, 4.69) is 34.3 Å². The molecule has 1 aliphatic carbocycles. The number of nitrogens with one attached hydrogen (secondary N) is 1. The number of rotatable bonds is 3. The van der Waals surface area contributed by atoms with Gasteiger partial charge in [-0.2, -0.15) is 0 Å². The average Bonchev–Trinajstić information content (AvgIpc) is 2.35. The molecule has 16 heavy (non-hydrogen) atoms. The minimum Gasteiger partial charge on any atom is -0.468 e. The van der Waals surface area contributed by atoms with Crippen LogP contribution in [0.3, 0.4) is 0 Å². The van der Waals surface area contributed by atoms with Crippen LogP contribution in [-0.4, -0.2) is 25.7 Å². The number of benzene rings is 1. The number of hydrogen-bond acceptors (Lipinski definition) is 3. The highest BCUT2D eigenvalue weighted by atomic mass is 16.5. The standard InChI is InChI=1S/C13H17NO2/c1-16-13(15)9-14-12-7-6-10-4-2-3-5-11(10)8-12/h2-5,12,14H,6-9H2,1H3. The maximum atomic E-state index is 11.0. The van der Waals surface area contributed by atoms with Gasteiger partial charge in [0.1, 0.15) is 0 Å². The van der Waals surface area contributed by atoms with Crippen molar-refractivity contribution in [3.63, 3.8) is 0 Å². The van der Waals surface area contributed by atoms with E-state index in [0.29, 0.717) is 12.6 Å². The summed E-state index contributed by atoms with van der Waals surface area (Å²) in [5.74, 6) is -0.196. The molecule has 0 aromatic heterocycles. The maximum Gasteiger partial charge on any atom is 0.319 e. The molecule has 3 heteroatoms. The second-order valence-electron chi connectivity index (χ2n) is 4.17. The highest BCUT2D eigenvalue weighted by molar-refractivity contribution is 5.71. The van der Waals surface area contributed by atoms with E-state index in [1.165, 1.54) is 18.2 Å². The molecule has 0 fully saturated rings. The summed E-state index contributed by atoms with van der Waals surface area (Å²) in [5.41, 5.74) is 2.84. The minimum atomic E-state index is -0.196. The monoisotopic (exact) mass is 219 g/mol. The Morgan fingerprint density at radius 2 is 2.19 bits per heavy atom. The van der Waals surface area contributed by atoms with Crippen LogP contribution in [0.15, 0.2) is 24.3 Å². The molecule has 0 saturated heterocycles. The summed E-state index contributed by atoms with van der Waals surface area (Å²) in [6.45, 7) is 0.309. The fourth-order valence-corrected chi connectivity index (χ4v) is 2.17. The first-order chi connectivity index (χ1) is 7.79. The maximum absolute atomic E-state index is 11.0. The quantitative estimate of drug-likeness (QED) is 0.779. The fourth-order valence-electron chi connectivity index (χ4n) is 2.17. The van der Waals surface area contributed by atoms with Gasteiger partial charge in [-0.15, -0.1) is 0 Å². The minimum absolute atomic E-state index is 0.196. The molecule has 0 aliphatic heterocycles. The largest absolute Gasteiger partial charge is 0.468 e. The van der Waals surface area contributed by atoms with E-state index >= 15 is 0 Å². The van der Waals surface area contributed by atoms with Gasteiger partial charge < -0.3 is 10.1 Å². The lowest BCUT2D eigenvalue weighted by Gasteiger charge is -2.25. The zero-order valence-electron chi connectivity index (χ0n) is 9.53.